The number of urea groups is 1. The first kappa shape index (κ1) is 22.6. The van der Waals surface area contributed by atoms with E-state index < -0.39 is 12.5 Å². The lowest BCUT2D eigenvalue weighted by Gasteiger charge is -2.30. The second kappa shape index (κ2) is 9.13. The van der Waals surface area contributed by atoms with Crippen LogP contribution < -0.4 is 5.32 Å². The Morgan fingerprint density at radius 3 is 2.75 bits per heavy atom. The molecule has 11 heteroatoms. The smallest absolute Gasteiger partial charge is 0.320 e. The second-order valence-electron chi connectivity index (χ2n) is 7.86. The molecule has 1 aromatic heterocycles. The summed E-state index contributed by atoms with van der Waals surface area (Å²) in [6.45, 7) is 3.28. The van der Waals surface area contributed by atoms with Crippen LogP contribution in [0.2, 0.25) is 5.28 Å². The number of ether oxygens (including phenoxy) is 1. The first-order chi connectivity index (χ1) is 15.3. The summed E-state index contributed by atoms with van der Waals surface area (Å²) in [5, 5.41) is 12.2. The van der Waals surface area contributed by atoms with Crippen molar-refractivity contribution in [3.63, 3.8) is 0 Å². The number of morpholine rings is 1. The maximum atomic E-state index is 13.9. The minimum atomic E-state index is -3.32. The maximum Gasteiger partial charge on any atom is 0.320 e. The number of carbonyl (C=O) groups excluding carboxylic acids is 1. The number of halogens is 3. The number of rotatable bonds is 5. The number of anilines is 1. The van der Waals surface area contributed by atoms with E-state index >= 15 is 0 Å². The Labute approximate surface area is 189 Å². The van der Waals surface area contributed by atoms with Crippen LogP contribution in [0.15, 0.2) is 24.3 Å². The van der Waals surface area contributed by atoms with Gasteiger partial charge in [0.2, 0.25) is 5.28 Å². The van der Waals surface area contributed by atoms with E-state index in [1.54, 1.807) is 15.9 Å². The van der Waals surface area contributed by atoms with Gasteiger partial charge in [0.05, 0.1) is 32.0 Å². The molecule has 1 saturated heterocycles. The van der Waals surface area contributed by atoms with Crippen molar-refractivity contribution >= 4 is 23.4 Å². The number of fused-ring (bicyclic) bond motifs is 1. The molecule has 1 atom stereocenters. The zero-order valence-corrected chi connectivity index (χ0v) is 18.3. The molecule has 3 heterocycles. The van der Waals surface area contributed by atoms with E-state index in [0.717, 1.165) is 5.56 Å². The molecule has 172 valence electrons. The fourth-order valence-electron chi connectivity index (χ4n) is 3.85. The van der Waals surface area contributed by atoms with Gasteiger partial charge in [-0.3, -0.25) is 0 Å². The molecule has 1 aromatic carbocycles. The van der Waals surface area contributed by atoms with Crippen LogP contribution in [0.4, 0.5) is 19.4 Å². The molecule has 2 aliphatic rings. The van der Waals surface area contributed by atoms with Crippen molar-refractivity contribution < 1.29 is 23.4 Å². The predicted octanol–water partition coefficient (Wildman–Crippen LogP) is 3.16. The van der Waals surface area contributed by atoms with Gasteiger partial charge in [-0.05, 0) is 30.2 Å². The molecule has 2 aliphatic heterocycles. The first-order valence-corrected chi connectivity index (χ1v) is 10.7. The fraction of sp³-hybridized carbons (Fsp3) is 0.476. The van der Waals surface area contributed by atoms with E-state index in [9.17, 15) is 13.6 Å². The fourth-order valence-corrected chi connectivity index (χ4v) is 4.04. The van der Waals surface area contributed by atoms with Crippen molar-refractivity contribution in [2.75, 3.05) is 38.2 Å². The largest absolute Gasteiger partial charge is 0.390 e. The predicted molar refractivity (Wildman–Crippen MR) is 114 cm³/mol. The number of amides is 2. The summed E-state index contributed by atoms with van der Waals surface area (Å²) in [5.74, 6) is -2.86. The van der Waals surface area contributed by atoms with Crippen LogP contribution >= 0.6 is 11.6 Å². The van der Waals surface area contributed by atoms with E-state index in [4.69, 9.17) is 21.4 Å². The Hall–Kier alpha value is -2.56. The summed E-state index contributed by atoms with van der Waals surface area (Å²) < 4.78 is 33.1. The number of alkyl halides is 2. The average molecular weight is 468 g/mol. The van der Waals surface area contributed by atoms with Gasteiger partial charge in [0.15, 0.2) is 0 Å². The summed E-state index contributed by atoms with van der Waals surface area (Å²) in [5.41, 5.74) is 1.74. The third kappa shape index (κ3) is 4.62. The molecule has 4 rings (SSSR count). The second-order valence-corrected chi connectivity index (χ2v) is 8.20. The molecule has 0 saturated carbocycles. The van der Waals surface area contributed by atoms with Gasteiger partial charge in [-0.1, -0.05) is 18.2 Å². The molecule has 2 amide bonds. The molecule has 0 bridgehead atoms. The minimum absolute atomic E-state index is 0.0414. The van der Waals surface area contributed by atoms with Crippen molar-refractivity contribution in [3.8, 4) is 0 Å². The summed E-state index contributed by atoms with van der Waals surface area (Å²) in [6.07, 6.45) is 0. The van der Waals surface area contributed by atoms with Crippen molar-refractivity contribution in [1.29, 1.82) is 0 Å². The number of benzene rings is 1. The number of nitrogens with zero attached hydrogens (tertiary/aromatic N) is 4. The van der Waals surface area contributed by atoms with Crippen LogP contribution in [0.1, 0.15) is 35.3 Å². The quantitative estimate of drug-likeness (QED) is 0.656. The third-order valence-electron chi connectivity index (χ3n) is 5.67. The van der Waals surface area contributed by atoms with Crippen LogP contribution in [0.25, 0.3) is 0 Å². The van der Waals surface area contributed by atoms with Crippen LogP contribution in [-0.2, 0) is 23.7 Å². The van der Waals surface area contributed by atoms with Gasteiger partial charge >= 0.3 is 6.03 Å². The van der Waals surface area contributed by atoms with E-state index in [1.165, 1.54) is 18.2 Å². The first-order valence-electron chi connectivity index (χ1n) is 10.3. The van der Waals surface area contributed by atoms with Crippen LogP contribution in [-0.4, -0.2) is 63.8 Å². The van der Waals surface area contributed by atoms with Gasteiger partial charge in [0, 0.05) is 30.3 Å². The number of carbonyl (C=O) groups is 1. The Bertz CT molecular complexity index is 1000. The van der Waals surface area contributed by atoms with Gasteiger partial charge in [-0.15, -0.1) is 0 Å². The van der Waals surface area contributed by atoms with Gasteiger partial charge in [-0.2, -0.15) is 8.78 Å². The molecule has 2 aromatic rings. The van der Waals surface area contributed by atoms with Crippen molar-refractivity contribution in [2.45, 2.75) is 32.0 Å². The number of nitrogens with one attached hydrogen (secondary N) is 1. The molecule has 1 unspecified atom stereocenters. The Morgan fingerprint density at radius 1 is 1.28 bits per heavy atom. The maximum absolute atomic E-state index is 13.9. The van der Waals surface area contributed by atoms with Gasteiger partial charge < -0.3 is 25.0 Å². The monoisotopic (exact) mass is 467 g/mol. The molecular weight excluding hydrogens is 444 g/mol. The molecule has 1 fully saturated rings. The lowest BCUT2D eigenvalue weighted by molar-refractivity contribution is -0.0556. The zero-order valence-electron chi connectivity index (χ0n) is 17.5. The Balaban J connectivity index is 1.53. The van der Waals surface area contributed by atoms with Crippen LogP contribution in [0.3, 0.4) is 0 Å². The summed E-state index contributed by atoms with van der Waals surface area (Å²) in [6, 6.07) is 5.38. The standard InChI is InChI=1S/C21H24ClF2N5O3/c1-13(14-3-2-4-15(9-14)21(23,24)12-30)25-18-16-10-29(11-17(16)26-19(22)27-18)20(31)28-5-7-32-8-6-28/h2-4,9,13,30H,5-8,10-12H2,1H3,(H,25,26,27). The number of aromatic nitrogens is 2. The highest BCUT2D eigenvalue weighted by Crippen LogP contribution is 2.33. The normalized spacial score (nSPS) is 17.3. The number of hydrogen-bond donors (Lipinski definition) is 2. The van der Waals surface area contributed by atoms with Gasteiger partial charge in [0.25, 0.3) is 5.92 Å². The highest BCUT2D eigenvalue weighted by molar-refractivity contribution is 6.28. The van der Waals surface area contributed by atoms with E-state index in [2.05, 4.69) is 15.3 Å². The number of hydrogen-bond acceptors (Lipinski definition) is 6. The van der Waals surface area contributed by atoms with Crippen molar-refractivity contribution in [3.05, 3.63) is 51.9 Å². The van der Waals surface area contributed by atoms with Crippen molar-refractivity contribution in [2.24, 2.45) is 0 Å². The molecule has 0 radical (unpaired) electrons. The van der Waals surface area contributed by atoms with Crippen LogP contribution in [0, 0.1) is 0 Å². The topological polar surface area (TPSA) is 90.8 Å². The summed E-state index contributed by atoms with van der Waals surface area (Å²) in [4.78, 5) is 24.9. The van der Waals surface area contributed by atoms with Crippen LogP contribution in [0.5, 0.6) is 0 Å². The summed E-state index contributed by atoms with van der Waals surface area (Å²) in [7, 11) is 0. The highest BCUT2D eigenvalue weighted by Gasteiger charge is 2.33. The summed E-state index contributed by atoms with van der Waals surface area (Å²) >= 11 is 6.12. The third-order valence-corrected chi connectivity index (χ3v) is 5.84. The molecule has 32 heavy (non-hydrogen) atoms. The number of aliphatic hydroxyl groups excluding tert-OH is 1. The lowest BCUT2D eigenvalue weighted by atomic mass is 10.0. The molecular formula is C21H24ClF2N5O3. The van der Waals surface area contributed by atoms with E-state index in [0.29, 0.717) is 56.5 Å². The zero-order chi connectivity index (χ0) is 22.9. The molecule has 0 spiro atoms. The SMILES string of the molecule is CC(Nc1nc(Cl)nc2c1CN(C(=O)N1CCOCC1)C2)c1cccc(C(F)(F)CO)c1. The van der Waals surface area contributed by atoms with E-state index in [-0.39, 0.29) is 22.9 Å². The molecule has 8 nitrogen and oxygen atoms in total. The molecule has 2 N–H and O–H groups in total. The van der Waals surface area contributed by atoms with Gasteiger partial charge in [0.1, 0.15) is 12.4 Å². The van der Waals surface area contributed by atoms with Gasteiger partial charge in [-0.25, -0.2) is 14.8 Å². The average Bonchev–Trinajstić information content (AvgIpc) is 3.23. The molecule has 0 aliphatic carbocycles. The Morgan fingerprint density at radius 2 is 2.03 bits per heavy atom. The highest BCUT2D eigenvalue weighted by atomic mass is 35.5. The Kier molecular flexibility index (Phi) is 6.45. The minimum Gasteiger partial charge on any atom is -0.390 e. The van der Waals surface area contributed by atoms with Crippen molar-refractivity contribution in [1.82, 2.24) is 19.8 Å². The lowest BCUT2D eigenvalue weighted by Crippen LogP contribution is -2.46. The number of aliphatic hydroxyl groups is 1. The van der Waals surface area contributed by atoms with E-state index in [1.807, 2.05) is 6.92 Å².